The fraction of sp³-hybridized carbons (Fsp3) is 0.500. The molecule has 2 heterocycles. The van der Waals surface area contributed by atoms with Gasteiger partial charge in [-0.15, -0.1) is 0 Å². The Kier molecular flexibility index (Phi) is 6.22. The maximum atomic E-state index is 13.0. The second-order valence-corrected chi connectivity index (χ2v) is 8.42. The van der Waals surface area contributed by atoms with Crippen LogP contribution in [0.25, 0.3) is 21.9 Å². The molecular weight excluding hydrogens is 400 g/mol. The quantitative estimate of drug-likeness (QED) is 0.389. The summed E-state index contributed by atoms with van der Waals surface area (Å²) in [6, 6.07) is 5.96. The van der Waals surface area contributed by atoms with Gasteiger partial charge in [-0.1, -0.05) is 19.3 Å². The summed E-state index contributed by atoms with van der Waals surface area (Å²) >= 11 is 5.45. The van der Waals surface area contributed by atoms with Crippen LogP contribution in [-0.4, -0.2) is 33.6 Å². The lowest BCUT2D eigenvalue weighted by Gasteiger charge is -2.22. The number of ether oxygens (including phenoxy) is 1. The number of nitrogens with zero attached hydrogens (tertiary/aromatic N) is 1. The van der Waals surface area contributed by atoms with Crippen molar-refractivity contribution in [3.8, 4) is 5.75 Å². The largest absolute Gasteiger partial charge is 0.497 e. The predicted molar refractivity (Wildman–Crippen MR) is 121 cm³/mol. The van der Waals surface area contributed by atoms with Crippen LogP contribution in [0.15, 0.2) is 23.0 Å². The van der Waals surface area contributed by atoms with Crippen molar-refractivity contribution in [2.45, 2.75) is 64.0 Å². The zero-order valence-electron chi connectivity index (χ0n) is 17.3. The average Bonchev–Trinajstić information content (AvgIpc) is 3.11. The van der Waals surface area contributed by atoms with E-state index in [4.69, 9.17) is 17.0 Å². The second kappa shape index (κ2) is 9.04. The van der Waals surface area contributed by atoms with Gasteiger partial charge in [-0.3, -0.25) is 14.2 Å². The number of H-pyrrole nitrogens is 2. The molecule has 8 heteroatoms. The van der Waals surface area contributed by atoms with Gasteiger partial charge in [-0.25, -0.2) is 0 Å². The van der Waals surface area contributed by atoms with Gasteiger partial charge < -0.3 is 20.0 Å². The molecule has 30 heavy (non-hydrogen) atoms. The first-order valence-corrected chi connectivity index (χ1v) is 11.1. The summed E-state index contributed by atoms with van der Waals surface area (Å²) in [5.41, 5.74) is 1.91. The zero-order valence-corrected chi connectivity index (χ0v) is 18.1. The van der Waals surface area contributed by atoms with Crippen molar-refractivity contribution < 1.29 is 9.53 Å². The lowest BCUT2D eigenvalue weighted by Crippen LogP contribution is -2.36. The molecule has 1 amide bonds. The van der Waals surface area contributed by atoms with Crippen LogP contribution in [-0.2, 0) is 11.3 Å². The molecule has 1 aromatic carbocycles. The second-order valence-electron chi connectivity index (χ2n) is 8.03. The monoisotopic (exact) mass is 428 g/mol. The van der Waals surface area contributed by atoms with E-state index in [-0.39, 0.29) is 11.5 Å². The molecule has 1 fully saturated rings. The van der Waals surface area contributed by atoms with E-state index in [0.717, 1.165) is 42.3 Å². The Labute approximate surface area is 179 Å². The molecule has 0 radical (unpaired) electrons. The number of carbonyl (C=O) groups is 1. The normalized spacial score (nSPS) is 15.0. The topological polar surface area (TPSA) is 91.9 Å². The fourth-order valence-electron chi connectivity index (χ4n) is 4.30. The molecule has 3 N–H and O–H groups in total. The number of aromatic nitrogens is 3. The van der Waals surface area contributed by atoms with Crippen LogP contribution in [0.3, 0.4) is 0 Å². The third-order valence-corrected chi connectivity index (χ3v) is 6.27. The number of hydrogen-bond acceptors (Lipinski definition) is 4. The molecule has 1 aliphatic rings. The van der Waals surface area contributed by atoms with Crippen molar-refractivity contribution in [2.24, 2.45) is 0 Å². The van der Waals surface area contributed by atoms with E-state index in [2.05, 4.69) is 15.3 Å². The first-order valence-electron chi connectivity index (χ1n) is 10.7. The van der Waals surface area contributed by atoms with E-state index in [1.54, 1.807) is 11.7 Å². The highest BCUT2D eigenvalue weighted by molar-refractivity contribution is 7.71. The molecule has 0 spiro atoms. The van der Waals surface area contributed by atoms with E-state index in [1.165, 1.54) is 19.3 Å². The molecule has 2 aromatic heterocycles. The maximum Gasteiger partial charge on any atom is 0.278 e. The first kappa shape index (κ1) is 20.7. The smallest absolute Gasteiger partial charge is 0.278 e. The number of rotatable bonds is 7. The number of nitrogens with one attached hydrogen (secondary N) is 3. The Balaban J connectivity index is 1.43. The Hall–Kier alpha value is -2.61. The van der Waals surface area contributed by atoms with E-state index in [1.807, 2.05) is 18.2 Å². The molecule has 0 saturated heterocycles. The molecule has 7 nitrogen and oxygen atoms in total. The van der Waals surface area contributed by atoms with Crippen LogP contribution in [0.4, 0.5) is 0 Å². The van der Waals surface area contributed by atoms with Crippen molar-refractivity contribution in [2.75, 3.05) is 7.11 Å². The van der Waals surface area contributed by atoms with Crippen molar-refractivity contribution in [3.05, 3.63) is 33.3 Å². The summed E-state index contributed by atoms with van der Waals surface area (Å²) in [7, 11) is 1.61. The van der Waals surface area contributed by atoms with Gasteiger partial charge in [0, 0.05) is 29.9 Å². The van der Waals surface area contributed by atoms with Gasteiger partial charge in [0.15, 0.2) is 4.77 Å². The highest BCUT2D eigenvalue weighted by Crippen LogP contribution is 2.26. The maximum absolute atomic E-state index is 13.0. The van der Waals surface area contributed by atoms with Gasteiger partial charge in [0.1, 0.15) is 11.3 Å². The minimum absolute atomic E-state index is 0.111. The van der Waals surface area contributed by atoms with Gasteiger partial charge in [0.2, 0.25) is 5.91 Å². The summed E-state index contributed by atoms with van der Waals surface area (Å²) in [6.07, 6.45) is 7.78. The number of unbranched alkanes of at least 4 members (excludes halogenated alkanes) is 1. The standard InChI is InChI=1S/C22H28N4O3S/c1-29-15-10-11-17-16(13-15)19-20(24-17)21(28)26(22(30)25-19)12-6-5-9-18(27)23-14-7-3-2-4-8-14/h10-11,13-14,24H,2-9,12H2,1H3,(H,23,27)(H,25,30). The molecule has 0 aliphatic heterocycles. The Bertz CT molecular complexity index is 1170. The van der Waals surface area contributed by atoms with Crippen LogP contribution in [0, 0.1) is 4.77 Å². The molecule has 0 unspecified atom stereocenters. The number of hydrogen-bond donors (Lipinski definition) is 3. The van der Waals surface area contributed by atoms with Crippen molar-refractivity contribution in [1.29, 1.82) is 0 Å². The van der Waals surface area contributed by atoms with Crippen LogP contribution < -0.4 is 15.6 Å². The Morgan fingerprint density at radius 2 is 2.00 bits per heavy atom. The average molecular weight is 429 g/mol. The van der Waals surface area contributed by atoms with Crippen LogP contribution in [0.5, 0.6) is 5.75 Å². The van der Waals surface area contributed by atoms with Gasteiger partial charge in [0.25, 0.3) is 5.56 Å². The number of benzene rings is 1. The highest BCUT2D eigenvalue weighted by atomic mass is 32.1. The highest BCUT2D eigenvalue weighted by Gasteiger charge is 2.16. The summed E-state index contributed by atoms with van der Waals surface area (Å²) in [5.74, 6) is 0.831. The summed E-state index contributed by atoms with van der Waals surface area (Å²) < 4.78 is 7.25. The number of amides is 1. The molecule has 4 rings (SSSR count). The number of aromatic amines is 2. The molecular formula is C22H28N4O3S. The molecule has 0 bridgehead atoms. The number of carbonyl (C=O) groups excluding carboxylic acids is 1. The lowest BCUT2D eigenvalue weighted by molar-refractivity contribution is -0.122. The predicted octanol–water partition coefficient (Wildman–Crippen LogP) is 4.17. The van der Waals surface area contributed by atoms with Gasteiger partial charge in [-0.05, 0) is 56.1 Å². The van der Waals surface area contributed by atoms with E-state index in [0.29, 0.717) is 34.8 Å². The van der Waals surface area contributed by atoms with Crippen molar-refractivity contribution in [3.63, 3.8) is 0 Å². The van der Waals surface area contributed by atoms with Crippen LogP contribution in [0.2, 0.25) is 0 Å². The fourth-order valence-corrected chi connectivity index (χ4v) is 4.57. The molecule has 1 aliphatic carbocycles. The van der Waals surface area contributed by atoms with E-state index in [9.17, 15) is 9.59 Å². The van der Waals surface area contributed by atoms with Crippen LogP contribution in [0.1, 0.15) is 51.4 Å². The van der Waals surface area contributed by atoms with Gasteiger partial charge in [-0.2, -0.15) is 0 Å². The third-order valence-electron chi connectivity index (χ3n) is 5.95. The molecule has 0 atom stereocenters. The van der Waals surface area contributed by atoms with E-state index >= 15 is 0 Å². The van der Waals surface area contributed by atoms with E-state index < -0.39 is 0 Å². The first-order chi connectivity index (χ1) is 14.6. The summed E-state index contributed by atoms with van der Waals surface area (Å²) in [6.45, 7) is 0.486. The summed E-state index contributed by atoms with van der Waals surface area (Å²) in [5, 5.41) is 4.01. The Morgan fingerprint density at radius 1 is 1.20 bits per heavy atom. The number of methoxy groups -OCH3 is 1. The van der Waals surface area contributed by atoms with Crippen molar-refractivity contribution in [1.82, 2.24) is 19.9 Å². The lowest BCUT2D eigenvalue weighted by atomic mass is 9.95. The molecule has 160 valence electrons. The summed E-state index contributed by atoms with van der Waals surface area (Å²) in [4.78, 5) is 31.5. The van der Waals surface area contributed by atoms with Crippen molar-refractivity contribution >= 4 is 40.1 Å². The zero-order chi connectivity index (χ0) is 21.1. The minimum atomic E-state index is -0.143. The SMILES string of the molecule is COc1ccc2[nH]c3c(=O)n(CCCCC(=O)NC4CCCCC4)c(=S)[nH]c3c2c1. The molecule has 3 aromatic rings. The van der Waals surface area contributed by atoms with Gasteiger partial charge in [0.05, 0.1) is 12.6 Å². The van der Waals surface area contributed by atoms with Gasteiger partial charge >= 0.3 is 0 Å². The van der Waals surface area contributed by atoms with Crippen LogP contribution >= 0.6 is 12.2 Å². The Morgan fingerprint density at radius 3 is 2.77 bits per heavy atom. The minimum Gasteiger partial charge on any atom is -0.497 e. The molecule has 1 saturated carbocycles. The third kappa shape index (κ3) is 4.28. The number of fused-ring (bicyclic) bond motifs is 3.